The highest BCUT2D eigenvalue weighted by Gasteiger charge is 2.23. The maximum Gasteiger partial charge on any atom is 0.409 e. The van der Waals surface area contributed by atoms with Gasteiger partial charge < -0.3 is 20.3 Å². The number of pyridine rings is 1. The first-order valence-electron chi connectivity index (χ1n) is 9.15. The number of amides is 2. The molecule has 27 heavy (non-hydrogen) atoms. The van der Waals surface area contributed by atoms with Gasteiger partial charge in [0.2, 0.25) is 0 Å². The zero-order valence-corrected chi connectivity index (χ0v) is 15.4. The van der Waals surface area contributed by atoms with Crippen LogP contribution in [0.4, 0.5) is 16.2 Å². The Morgan fingerprint density at radius 2 is 1.85 bits per heavy atom. The first-order chi connectivity index (χ1) is 13.2. The molecule has 2 N–H and O–H groups in total. The van der Waals surface area contributed by atoms with E-state index in [2.05, 4.69) is 15.6 Å². The van der Waals surface area contributed by atoms with Gasteiger partial charge in [0.1, 0.15) is 0 Å². The molecule has 0 spiro atoms. The van der Waals surface area contributed by atoms with Crippen molar-refractivity contribution in [3.8, 4) is 0 Å². The lowest BCUT2D eigenvalue weighted by Gasteiger charge is -2.32. The molecule has 2 aromatic rings. The lowest BCUT2D eigenvalue weighted by Crippen LogP contribution is -2.42. The van der Waals surface area contributed by atoms with Crippen LogP contribution in [0.2, 0.25) is 0 Å². The fraction of sp³-hybridized carbons (Fsp3) is 0.350. The van der Waals surface area contributed by atoms with E-state index in [1.165, 1.54) is 6.20 Å². The minimum atomic E-state index is -0.232. The Hall–Kier alpha value is -3.09. The molecule has 0 saturated carbocycles. The third kappa shape index (κ3) is 5.20. The average molecular weight is 368 g/mol. The predicted molar refractivity (Wildman–Crippen MR) is 104 cm³/mol. The SMILES string of the molecule is CCOC(=O)N1CCC(Nc2ccc(NC(=O)c3cccnc3)cc2)CC1. The summed E-state index contributed by atoms with van der Waals surface area (Å²) in [7, 11) is 0. The molecule has 7 heteroatoms. The largest absolute Gasteiger partial charge is 0.450 e. The summed E-state index contributed by atoms with van der Waals surface area (Å²) in [6.45, 7) is 3.60. The Labute approximate surface area is 158 Å². The van der Waals surface area contributed by atoms with Gasteiger partial charge >= 0.3 is 6.09 Å². The third-order valence-electron chi connectivity index (χ3n) is 4.46. The molecule has 1 aliphatic heterocycles. The quantitative estimate of drug-likeness (QED) is 0.845. The zero-order chi connectivity index (χ0) is 19.1. The lowest BCUT2D eigenvalue weighted by atomic mass is 10.0. The highest BCUT2D eigenvalue weighted by molar-refractivity contribution is 6.04. The molecule has 0 unspecified atom stereocenters. The van der Waals surface area contributed by atoms with Crippen LogP contribution in [0.15, 0.2) is 48.8 Å². The van der Waals surface area contributed by atoms with Crippen molar-refractivity contribution in [2.45, 2.75) is 25.8 Å². The molecule has 0 bridgehead atoms. The van der Waals surface area contributed by atoms with Gasteiger partial charge in [-0.15, -0.1) is 0 Å². The van der Waals surface area contributed by atoms with Crippen molar-refractivity contribution < 1.29 is 14.3 Å². The lowest BCUT2D eigenvalue weighted by molar-refractivity contribution is 0.0981. The molecule has 0 aliphatic carbocycles. The fourth-order valence-corrected chi connectivity index (χ4v) is 3.01. The van der Waals surface area contributed by atoms with Crippen LogP contribution >= 0.6 is 0 Å². The topological polar surface area (TPSA) is 83.6 Å². The maximum absolute atomic E-state index is 12.1. The number of carbonyl (C=O) groups excluding carboxylic acids is 2. The number of benzene rings is 1. The number of hydrogen-bond acceptors (Lipinski definition) is 5. The van der Waals surface area contributed by atoms with E-state index in [4.69, 9.17) is 4.74 Å². The number of rotatable bonds is 5. The van der Waals surface area contributed by atoms with E-state index in [0.29, 0.717) is 31.3 Å². The molecule has 0 radical (unpaired) electrons. The molecule has 2 amide bonds. The Kier molecular flexibility index (Phi) is 6.25. The van der Waals surface area contributed by atoms with E-state index < -0.39 is 0 Å². The minimum Gasteiger partial charge on any atom is -0.450 e. The van der Waals surface area contributed by atoms with Crippen LogP contribution in [0.3, 0.4) is 0 Å². The van der Waals surface area contributed by atoms with Crippen molar-refractivity contribution in [1.29, 1.82) is 0 Å². The summed E-state index contributed by atoms with van der Waals surface area (Å²) >= 11 is 0. The summed E-state index contributed by atoms with van der Waals surface area (Å²) in [6.07, 6.45) is 4.68. The van der Waals surface area contributed by atoms with E-state index in [1.807, 2.05) is 31.2 Å². The monoisotopic (exact) mass is 368 g/mol. The molecule has 1 fully saturated rings. The fourth-order valence-electron chi connectivity index (χ4n) is 3.01. The van der Waals surface area contributed by atoms with E-state index in [1.54, 1.807) is 23.2 Å². The summed E-state index contributed by atoms with van der Waals surface area (Å²) in [5.74, 6) is -0.185. The number of ether oxygens (including phenoxy) is 1. The zero-order valence-electron chi connectivity index (χ0n) is 15.4. The van der Waals surface area contributed by atoms with Gasteiger partial charge in [-0.25, -0.2) is 4.79 Å². The number of nitrogens with zero attached hydrogens (tertiary/aromatic N) is 2. The van der Waals surface area contributed by atoms with E-state index in [-0.39, 0.29) is 12.0 Å². The highest BCUT2D eigenvalue weighted by atomic mass is 16.6. The van der Waals surface area contributed by atoms with Crippen molar-refractivity contribution >= 4 is 23.4 Å². The molecule has 142 valence electrons. The first kappa shape index (κ1) is 18.7. The van der Waals surface area contributed by atoms with Gasteiger partial charge in [0, 0.05) is 42.9 Å². The Morgan fingerprint density at radius 3 is 2.48 bits per heavy atom. The van der Waals surface area contributed by atoms with Crippen LogP contribution in [0, 0.1) is 0 Å². The summed E-state index contributed by atoms with van der Waals surface area (Å²) in [5, 5.41) is 6.34. The number of anilines is 2. The minimum absolute atomic E-state index is 0.185. The van der Waals surface area contributed by atoms with Gasteiger partial charge in [0.05, 0.1) is 12.2 Å². The first-order valence-corrected chi connectivity index (χ1v) is 9.15. The maximum atomic E-state index is 12.1. The summed E-state index contributed by atoms with van der Waals surface area (Å²) < 4.78 is 5.04. The second kappa shape index (κ2) is 9.02. The van der Waals surface area contributed by atoms with Crippen molar-refractivity contribution in [2.24, 2.45) is 0 Å². The normalized spacial score (nSPS) is 14.5. The molecular weight excluding hydrogens is 344 g/mol. The van der Waals surface area contributed by atoms with Gasteiger partial charge in [-0.2, -0.15) is 0 Å². The van der Waals surface area contributed by atoms with Crippen LogP contribution < -0.4 is 10.6 Å². The van der Waals surface area contributed by atoms with Crippen molar-refractivity contribution in [3.63, 3.8) is 0 Å². The third-order valence-corrected chi connectivity index (χ3v) is 4.46. The second-order valence-corrected chi connectivity index (χ2v) is 6.38. The van der Waals surface area contributed by atoms with Crippen molar-refractivity contribution in [3.05, 3.63) is 54.4 Å². The predicted octanol–water partition coefficient (Wildman–Crippen LogP) is 3.37. The molecule has 3 rings (SSSR count). The molecule has 1 aromatic heterocycles. The van der Waals surface area contributed by atoms with Gasteiger partial charge in [-0.05, 0) is 56.2 Å². The van der Waals surface area contributed by atoms with Gasteiger partial charge in [-0.1, -0.05) is 0 Å². The molecule has 7 nitrogen and oxygen atoms in total. The molecule has 0 atom stereocenters. The number of hydrogen-bond donors (Lipinski definition) is 2. The van der Waals surface area contributed by atoms with Crippen LogP contribution in [0.1, 0.15) is 30.1 Å². The summed E-state index contributed by atoms with van der Waals surface area (Å²) in [6, 6.07) is 11.4. The Morgan fingerprint density at radius 1 is 1.15 bits per heavy atom. The van der Waals surface area contributed by atoms with Crippen molar-refractivity contribution in [2.75, 3.05) is 30.3 Å². The Bertz CT molecular complexity index is 757. The van der Waals surface area contributed by atoms with Crippen LogP contribution in [-0.4, -0.2) is 47.6 Å². The van der Waals surface area contributed by atoms with E-state index in [9.17, 15) is 9.59 Å². The number of aromatic nitrogens is 1. The van der Waals surface area contributed by atoms with Crippen molar-refractivity contribution in [1.82, 2.24) is 9.88 Å². The van der Waals surface area contributed by atoms with E-state index in [0.717, 1.165) is 24.2 Å². The van der Waals surface area contributed by atoms with Gasteiger partial charge in [0.25, 0.3) is 5.91 Å². The highest BCUT2D eigenvalue weighted by Crippen LogP contribution is 2.19. The standard InChI is InChI=1S/C20H24N4O3/c1-2-27-20(26)24-12-9-18(10-13-24)22-16-5-7-17(8-6-16)23-19(25)15-4-3-11-21-14-15/h3-8,11,14,18,22H,2,9-10,12-13H2,1H3,(H,23,25). The second-order valence-electron chi connectivity index (χ2n) is 6.38. The van der Waals surface area contributed by atoms with Crippen LogP contribution in [0.25, 0.3) is 0 Å². The number of carbonyl (C=O) groups is 2. The van der Waals surface area contributed by atoms with Gasteiger partial charge in [0.15, 0.2) is 0 Å². The van der Waals surface area contributed by atoms with Crippen LogP contribution in [-0.2, 0) is 4.74 Å². The smallest absolute Gasteiger partial charge is 0.409 e. The molecule has 1 aromatic carbocycles. The molecular formula is C20H24N4O3. The van der Waals surface area contributed by atoms with E-state index >= 15 is 0 Å². The van der Waals surface area contributed by atoms with Gasteiger partial charge in [-0.3, -0.25) is 9.78 Å². The summed E-state index contributed by atoms with van der Waals surface area (Å²) in [5.41, 5.74) is 2.24. The number of likely N-dealkylation sites (tertiary alicyclic amines) is 1. The number of piperidine rings is 1. The van der Waals surface area contributed by atoms with Crippen LogP contribution in [0.5, 0.6) is 0 Å². The summed E-state index contributed by atoms with van der Waals surface area (Å²) in [4.78, 5) is 29.6. The number of nitrogens with one attached hydrogen (secondary N) is 2. The molecule has 1 saturated heterocycles. The average Bonchev–Trinajstić information content (AvgIpc) is 2.71. The Balaban J connectivity index is 1.48. The molecule has 2 heterocycles. The molecule has 1 aliphatic rings.